The Kier molecular flexibility index (Phi) is 4.93. The first-order chi connectivity index (χ1) is 9.56. The fourth-order valence-electron chi connectivity index (χ4n) is 2.31. The number of aryl methyl sites for hydroxylation is 1. The minimum absolute atomic E-state index is 0.0304. The zero-order chi connectivity index (χ0) is 14.5. The molecule has 0 aliphatic carbocycles. The minimum Gasteiger partial charge on any atom is -0.354 e. The Hall–Kier alpha value is -1.65. The molecule has 2 rings (SSSR count). The van der Waals surface area contributed by atoms with Gasteiger partial charge in [0.1, 0.15) is 5.69 Å². The number of anilines is 1. The van der Waals surface area contributed by atoms with Crippen LogP contribution >= 0.6 is 0 Å². The van der Waals surface area contributed by atoms with Crippen molar-refractivity contribution in [3.63, 3.8) is 0 Å². The average molecular weight is 276 g/mol. The van der Waals surface area contributed by atoms with Crippen molar-refractivity contribution in [1.29, 1.82) is 0 Å². The molecular formula is C15H24N4O. The lowest BCUT2D eigenvalue weighted by Gasteiger charge is -2.26. The van der Waals surface area contributed by atoms with Crippen LogP contribution in [0.15, 0.2) is 6.07 Å². The summed E-state index contributed by atoms with van der Waals surface area (Å²) in [5.41, 5.74) is 1.33. The molecule has 1 aromatic rings. The van der Waals surface area contributed by atoms with E-state index in [4.69, 9.17) is 0 Å². The molecule has 5 nitrogen and oxygen atoms in total. The van der Waals surface area contributed by atoms with Gasteiger partial charge in [0.15, 0.2) is 0 Å². The minimum atomic E-state index is 0.0304. The summed E-state index contributed by atoms with van der Waals surface area (Å²) in [4.78, 5) is 23.1. The molecule has 1 amide bonds. The molecule has 1 aromatic heterocycles. The first-order valence-corrected chi connectivity index (χ1v) is 7.45. The molecule has 1 N–H and O–H groups in total. The molecule has 0 aromatic carbocycles. The zero-order valence-corrected chi connectivity index (χ0v) is 12.6. The first-order valence-electron chi connectivity index (χ1n) is 7.45. The summed E-state index contributed by atoms with van der Waals surface area (Å²) in [6, 6.07) is 1.78. The van der Waals surface area contributed by atoms with Gasteiger partial charge in [-0.1, -0.05) is 13.8 Å². The van der Waals surface area contributed by atoms with Gasteiger partial charge < -0.3 is 10.2 Å². The van der Waals surface area contributed by atoms with Gasteiger partial charge in [-0.3, -0.25) is 4.79 Å². The highest BCUT2D eigenvalue weighted by molar-refractivity contribution is 5.92. The summed E-state index contributed by atoms with van der Waals surface area (Å²) in [6.45, 7) is 8.65. The van der Waals surface area contributed by atoms with E-state index in [1.165, 1.54) is 6.42 Å². The van der Waals surface area contributed by atoms with Crippen LogP contribution in [0.2, 0.25) is 0 Å². The predicted molar refractivity (Wildman–Crippen MR) is 79.9 cm³/mol. The molecule has 1 aliphatic heterocycles. The van der Waals surface area contributed by atoms with Crippen molar-refractivity contribution < 1.29 is 4.79 Å². The van der Waals surface area contributed by atoms with E-state index in [9.17, 15) is 4.79 Å². The van der Waals surface area contributed by atoms with Gasteiger partial charge in [-0.05, 0) is 38.2 Å². The molecule has 0 unspecified atom stereocenters. The second-order valence-corrected chi connectivity index (χ2v) is 5.85. The van der Waals surface area contributed by atoms with Gasteiger partial charge in [0, 0.05) is 25.3 Å². The van der Waals surface area contributed by atoms with Gasteiger partial charge in [-0.25, -0.2) is 9.97 Å². The number of carbonyl (C=O) groups is 1. The number of rotatable bonds is 4. The van der Waals surface area contributed by atoms with Crippen LogP contribution in [-0.2, 0) is 0 Å². The quantitative estimate of drug-likeness (QED) is 0.918. The third-order valence-corrected chi connectivity index (χ3v) is 3.39. The zero-order valence-electron chi connectivity index (χ0n) is 12.6. The largest absolute Gasteiger partial charge is 0.354 e. The first kappa shape index (κ1) is 14.8. The number of likely N-dealkylation sites (tertiary alicyclic amines) is 1. The number of carbonyl (C=O) groups excluding carboxylic acids is 1. The molecule has 0 saturated carbocycles. The van der Waals surface area contributed by atoms with E-state index in [2.05, 4.69) is 29.1 Å². The van der Waals surface area contributed by atoms with Gasteiger partial charge in [0.05, 0.1) is 0 Å². The Balaban J connectivity index is 2.11. The molecule has 0 spiro atoms. The Morgan fingerprint density at radius 3 is 2.65 bits per heavy atom. The number of hydrogen-bond acceptors (Lipinski definition) is 4. The standard InChI is InChI=1S/C15H24N4O/c1-11(2)10-16-15-17-12(3)9-13(18-15)14(20)19-7-5-4-6-8-19/h9,11H,4-8,10H2,1-3H3,(H,16,17,18). The number of nitrogens with one attached hydrogen (secondary N) is 1. The van der Waals surface area contributed by atoms with E-state index in [-0.39, 0.29) is 5.91 Å². The molecule has 110 valence electrons. The molecule has 2 heterocycles. The van der Waals surface area contributed by atoms with E-state index < -0.39 is 0 Å². The molecular weight excluding hydrogens is 252 g/mol. The summed E-state index contributed by atoms with van der Waals surface area (Å²) in [6.07, 6.45) is 3.40. The summed E-state index contributed by atoms with van der Waals surface area (Å²) >= 11 is 0. The van der Waals surface area contributed by atoms with Crippen molar-refractivity contribution in [3.8, 4) is 0 Å². The molecule has 0 atom stereocenters. The van der Waals surface area contributed by atoms with E-state index in [1.54, 1.807) is 6.07 Å². The highest BCUT2D eigenvalue weighted by Crippen LogP contribution is 2.14. The van der Waals surface area contributed by atoms with Crippen LogP contribution in [-0.4, -0.2) is 40.4 Å². The number of amides is 1. The van der Waals surface area contributed by atoms with Crippen molar-refractivity contribution in [2.45, 2.75) is 40.0 Å². The number of aromatic nitrogens is 2. The van der Waals surface area contributed by atoms with Crippen molar-refractivity contribution in [3.05, 3.63) is 17.5 Å². The van der Waals surface area contributed by atoms with Gasteiger partial charge in [-0.15, -0.1) is 0 Å². The summed E-state index contributed by atoms with van der Waals surface area (Å²) in [5.74, 6) is 1.10. The van der Waals surface area contributed by atoms with Crippen molar-refractivity contribution in [2.75, 3.05) is 25.0 Å². The van der Waals surface area contributed by atoms with Gasteiger partial charge in [0.2, 0.25) is 5.95 Å². The van der Waals surface area contributed by atoms with Gasteiger partial charge >= 0.3 is 0 Å². The third-order valence-electron chi connectivity index (χ3n) is 3.39. The lowest BCUT2D eigenvalue weighted by molar-refractivity contribution is 0.0718. The maximum absolute atomic E-state index is 12.5. The SMILES string of the molecule is Cc1cc(C(=O)N2CCCCC2)nc(NCC(C)C)n1. The second-order valence-electron chi connectivity index (χ2n) is 5.85. The Bertz CT molecular complexity index is 467. The predicted octanol–water partition coefficient (Wildman–Crippen LogP) is 2.48. The molecule has 1 fully saturated rings. The monoisotopic (exact) mass is 276 g/mol. The molecule has 0 bridgehead atoms. The second kappa shape index (κ2) is 6.68. The maximum Gasteiger partial charge on any atom is 0.272 e. The van der Waals surface area contributed by atoms with Crippen LogP contribution in [0.4, 0.5) is 5.95 Å². The Labute approximate surface area is 120 Å². The van der Waals surface area contributed by atoms with Gasteiger partial charge in [0.25, 0.3) is 5.91 Å². The van der Waals surface area contributed by atoms with Gasteiger partial charge in [-0.2, -0.15) is 0 Å². The van der Waals surface area contributed by atoms with Crippen LogP contribution in [0.25, 0.3) is 0 Å². The fourth-order valence-corrected chi connectivity index (χ4v) is 2.31. The highest BCUT2D eigenvalue weighted by atomic mass is 16.2. The summed E-state index contributed by atoms with van der Waals surface area (Å²) in [7, 11) is 0. The Morgan fingerprint density at radius 2 is 2.00 bits per heavy atom. The summed E-state index contributed by atoms with van der Waals surface area (Å²) < 4.78 is 0. The summed E-state index contributed by atoms with van der Waals surface area (Å²) in [5, 5.41) is 3.19. The van der Waals surface area contributed by atoms with E-state index in [1.807, 2.05) is 11.8 Å². The maximum atomic E-state index is 12.5. The molecule has 1 aliphatic rings. The van der Waals surface area contributed by atoms with Crippen LogP contribution in [0.3, 0.4) is 0 Å². The molecule has 20 heavy (non-hydrogen) atoms. The topological polar surface area (TPSA) is 58.1 Å². The third kappa shape index (κ3) is 3.92. The number of piperidine rings is 1. The highest BCUT2D eigenvalue weighted by Gasteiger charge is 2.20. The lowest BCUT2D eigenvalue weighted by atomic mass is 10.1. The van der Waals surface area contributed by atoms with E-state index in [0.29, 0.717) is 17.6 Å². The van der Waals surface area contributed by atoms with Crippen molar-refractivity contribution in [1.82, 2.24) is 14.9 Å². The Morgan fingerprint density at radius 1 is 1.30 bits per heavy atom. The normalized spacial score (nSPS) is 15.5. The molecule has 1 saturated heterocycles. The average Bonchev–Trinajstić information content (AvgIpc) is 2.44. The molecule has 5 heteroatoms. The number of hydrogen-bond donors (Lipinski definition) is 1. The fraction of sp³-hybridized carbons (Fsp3) is 0.667. The van der Waals surface area contributed by atoms with E-state index in [0.717, 1.165) is 38.2 Å². The number of nitrogens with zero attached hydrogens (tertiary/aromatic N) is 3. The van der Waals surface area contributed by atoms with Crippen molar-refractivity contribution in [2.24, 2.45) is 5.92 Å². The van der Waals surface area contributed by atoms with Crippen molar-refractivity contribution >= 4 is 11.9 Å². The van der Waals surface area contributed by atoms with Crippen LogP contribution in [0.1, 0.15) is 49.3 Å². The smallest absolute Gasteiger partial charge is 0.272 e. The lowest BCUT2D eigenvalue weighted by Crippen LogP contribution is -2.36. The van der Waals surface area contributed by atoms with Crippen LogP contribution < -0.4 is 5.32 Å². The molecule has 0 radical (unpaired) electrons. The van der Waals surface area contributed by atoms with Crippen LogP contribution in [0.5, 0.6) is 0 Å². The van der Waals surface area contributed by atoms with E-state index >= 15 is 0 Å². The van der Waals surface area contributed by atoms with Crippen LogP contribution in [0, 0.1) is 12.8 Å².